The van der Waals surface area contributed by atoms with Crippen molar-refractivity contribution >= 4 is 22.2 Å². The molecule has 1 amide bonds. The lowest BCUT2D eigenvalue weighted by Gasteiger charge is -2.29. The van der Waals surface area contributed by atoms with Crippen LogP contribution >= 0.6 is 11.3 Å². The number of nitrogens with one attached hydrogen (secondary N) is 1. The van der Waals surface area contributed by atoms with Crippen LogP contribution in [-0.2, 0) is 11.2 Å². The van der Waals surface area contributed by atoms with Gasteiger partial charge in [0.1, 0.15) is 11.1 Å². The van der Waals surface area contributed by atoms with E-state index in [-0.39, 0.29) is 5.91 Å². The Morgan fingerprint density at radius 3 is 2.78 bits per heavy atom. The van der Waals surface area contributed by atoms with Gasteiger partial charge in [-0.05, 0) is 62.6 Å². The zero-order chi connectivity index (χ0) is 16.4. The molecule has 1 aromatic heterocycles. The highest BCUT2D eigenvalue weighted by atomic mass is 32.1. The van der Waals surface area contributed by atoms with E-state index in [4.69, 9.17) is 0 Å². The van der Waals surface area contributed by atoms with Crippen LogP contribution in [0.3, 0.4) is 0 Å². The number of hydrogen-bond acceptors (Lipinski definition) is 4. The summed E-state index contributed by atoms with van der Waals surface area (Å²) in [6, 6.07) is 2.33. The van der Waals surface area contributed by atoms with Crippen LogP contribution < -0.4 is 5.32 Å². The van der Waals surface area contributed by atoms with Gasteiger partial charge in [-0.3, -0.25) is 9.69 Å². The van der Waals surface area contributed by atoms with Crippen molar-refractivity contribution < 1.29 is 4.79 Å². The van der Waals surface area contributed by atoms with Gasteiger partial charge in [0, 0.05) is 4.88 Å². The summed E-state index contributed by atoms with van der Waals surface area (Å²) in [6.07, 6.45) is 5.69. The third-order valence-electron chi connectivity index (χ3n) is 5.16. The average Bonchev–Trinajstić information content (AvgIpc) is 2.88. The Hall–Kier alpha value is -1.38. The van der Waals surface area contributed by atoms with Crippen LogP contribution in [0.15, 0.2) is 0 Å². The minimum Gasteiger partial charge on any atom is -0.315 e. The van der Waals surface area contributed by atoms with Crippen LogP contribution in [-0.4, -0.2) is 30.4 Å². The van der Waals surface area contributed by atoms with Gasteiger partial charge in [-0.1, -0.05) is 13.8 Å². The van der Waals surface area contributed by atoms with Gasteiger partial charge in [-0.2, -0.15) is 5.26 Å². The number of fused-ring (bicyclic) bond motifs is 1. The van der Waals surface area contributed by atoms with E-state index in [1.165, 1.54) is 29.7 Å². The van der Waals surface area contributed by atoms with Gasteiger partial charge in [0.15, 0.2) is 0 Å². The first kappa shape index (κ1) is 16.5. The van der Waals surface area contributed by atoms with Crippen LogP contribution in [0.5, 0.6) is 0 Å². The molecule has 0 aromatic carbocycles. The van der Waals surface area contributed by atoms with Gasteiger partial charge in [-0.15, -0.1) is 11.3 Å². The van der Waals surface area contributed by atoms with Gasteiger partial charge >= 0.3 is 0 Å². The van der Waals surface area contributed by atoms with Crippen LogP contribution in [0.4, 0.5) is 5.00 Å². The Bertz CT molecular complexity index is 623. The Morgan fingerprint density at radius 2 is 2.09 bits per heavy atom. The van der Waals surface area contributed by atoms with Crippen molar-refractivity contribution in [1.82, 2.24) is 4.90 Å². The fraction of sp³-hybridized carbons (Fsp3) is 0.667. The Balaban J connectivity index is 1.68. The number of likely N-dealkylation sites (tertiary alicyclic amines) is 1. The molecule has 23 heavy (non-hydrogen) atoms. The van der Waals surface area contributed by atoms with Crippen molar-refractivity contribution in [3.05, 3.63) is 16.0 Å². The first-order chi connectivity index (χ1) is 11.1. The molecule has 1 aromatic rings. The molecule has 0 unspecified atom stereocenters. The summed E-state index contributed by atoms with van der Waals surface area (Å²) in [5.41, 5.74) is 1.89. The van der Waals surface area contributed by atoms with E-state index < -0.39 is 0 Å². The number of anilines is 1. The molecular weight excluding hydrogens is 306 g/mol. The molecule has 0 bridgehead atoms. The number of amides is 1. The molecule has 2 aliphatic rings. The molecule has 1 N–H and O–H groups in total. The van der Waals surface area contributed by atoms with Crippen molar-refractivity contribution in [3.8, 4) is 6.07 Å². The second-order valence-corrected chi connectivity index (χ2v) is 8.16. The minimum absolute atomic E-state index is 0.0160. The summed E-state index contributed by atoms with van der Waals surface area (Å²) in [4.78, 5) is 15.9. The molecule has 1 atom stereocenters. The number of carbonyl (C=O) groups excluding carboxylic acids is 1. The van der Waals surface area contributed by atoms with Crippen molar-refractivity contribution in [2.24, 2.45) is 5.92 Å². The highest BCUT2D eigenvalue weighted by molar-refractivity contribution is 7.16. The molecule has 0 radical (unpaired) electrons. The third kappa shape index (κ3) is 3.59. The van der Waals surface area contributed by atoms with Crippen molar-refractivity contribution in [1.29, 1.82) is 5.26 Å². The molecular formula is C18H25N3OS. The fourth-order valence-electron chi connectivity index (χ4n) is 3.70. The Labute approximate surface area is 142 Å². The zero-order valence-corrected chi connectivity index (χ0v) is 14.8. The number of nitrogens with zero attached hydrogens (tertiary/aromatic N) is 2. The Morgan fingerprint density at radius 1 is 1.35 bits per heavy atom. The third-order valence-corrected chi connectivity index (χ3v) is 6.34. The first-order valence-corrected chi connectivity index (χ1v) is 9.48. The molecule has 2 heterocycles. The maximum absolute atomic E-state index is 12.4. The lowest BCUT2D eigenvalue weighted by atomic mass is 9.87. The molecule has 5 heteroatoms. The molecule has 1 saturated heterocycles. The first-order valence-electron chi connectivity index (χ1n) is 8.66. The lowest BCUT2D eigenvalue weighted by Crippen LogP contribution is -2.38. The summed E-state index contributed by atoms with van der Waals surface area (Å²) in [5, 5.41) is 13.3. The smallest absolute Gasteiger partial charge is 0.239 e. The number of hydrogen-bond donors (Lipinski definition) is 1. The molecule has 4 nitrogen and oxygen atoms in total. The predicted octanol–water partition coefficient (Wildman–Crippen LogP) is 3.73. The summed E-state index contributed by atoms with van der Waals surface area (Å²) >= 11 is 1.61. The Kier molecular flexibility index (Phi) is 5.03. The van der Waals surface area contributed by atoms with E-state index >= 15 is 0 Å². The van der Waals surface area contributed by atoms with Gasteiger partial charge in [0.05, 0.1) is 12.1 Å². The van der Waals surface area contributed by atoms with Gasteiger partial charge in [0.25, 0.3) is 0 Å². The average molecular weight is 331 g/mol. The predicted molar refractivity (Wildman–Crippen MR) is 93.9 cm³/mol. The molecule has 0 saturated carbocycles. The lowest BCUT2D eigenvalue weighted by molar-refractivity contribution is -0.117. The second kappa shape index (κ2) is 7.02. The summed E-state index contributed by atoms with van der Waals surface area (Å²) in [7, 11) is 0. The monoisotopic (exact) mass is 331 g/mol. The molecule has 1 aliphatic carbocycles. The number of thiophene rings is 1. The topological polar surface area (TPSA) is 56.1 Å². The number of piperidine rings is 1. The summed E-state index contributed by atoms with van der Waals surface area (Å²) in [6.45, 7) is 6.89. The van der Waals surface area contributed by atoms with Crippen LogP contribution in [0.25, 0.3) is 0 Å². The quantitative estimate of drug-likeness (QED) is 0.918. The highest BCUT2D eigenvalue weighted by Gasteiger charge is 2.27. The van der Waals surface area contributed by atoms with E-state index in [1.807, 2.05) is 0 Å². The van der Waals surface area contributed by atoms with Crippen LogP contribution in [0.2, 0.25) is 0 Å². The molecule has 0 spiro atoms. The largest absolute Gasteiger partial charge is 0.315 e. The SMILES string of the molecule is CC1CCN(CC(=O)Nc2sc3c(c2C#N)[C@H](C)CCC3)CC1. The molecule has 1 aliphatic heterocycles. The molecule has 1 fully saturated rings. The summed E-state index contributed by atoms with van der Waals surface area (Å²) < 4.78 is 0. The van der Waals surface area contributed by atoms with E-state index in [1.54, 1.807) is 11.3 Å². The van der Waals surface area contributed by atoms with E-state index in [0.29, 0.717) is 18.0 Å². The minimum atomic E-state index is 0.0160. The van der Waals surface area contributed by atoms with Crippen LogP contribution in [0.1, 0.15) is 61.5 Å². The van der Waals surface area contributed by atoms with Crippen molar-refractivity contribution in [2.45, 2.75) is 51.9 Å². The highest BCUT2D eigenvalue weighted by Crippen LogP contribution is 2.42. The maximum Gasteiger partial charge on any atom is 0.239 e. The van der Waals surface area contributed by atoms with E-state index in [2.05, 4.69) is 30.1 Å². The second-order valence-electron chi connectivity index (χ2n) is 7.05. The zero-order valence-electron chi connectivity index (χ0n) is 14.0. The molecule has 124 valence electrons. The van der Waals surface area contributed by atoms with Gasteiger partial charge in [0.2, 0.25) is 5.91 Å². The molecule has 3 rings (SSSR count). The standard InChI is InChI=1S/C18H25N3OS/c1-12-6-8-21(9-7-12)11-16(22)20-18-14(10-19)17-13(2)4-3-5-15(17)23-18/h12-13H,3-9,11H2,1-2H3,(H,20,22)/t13-/m1/s1. The number of nitriles is 1. The van der Waals surface area contributed by atoms with Gasteiger partial charge < -0.3 is 5.32 Å². The van der Waals surface area contributed by atoms with Crippen molar-refractivity contribution in [3.63, 3.8) is 0 Å². The van der Waals surface area contributed by atoms with Crippen molar-refractivity contribution in [2.75, 3.05) is 25.0 Å². The summed E-state index contributed by atoms with van der Waals surface area (Å²) in [5.74, 6) is 1.21. The van der Waals surface area contributed by atoms with E-state index in [0.717, 1.165) is 36.9 Å². The fourth-order valence-corrected chi connectivity index (χ4v) is 5.03. The maximum atomic E-state index is 12.4. The van der Waals surface area contributed by atoms with E-state index in [9.17, 15) is 10.1 Å². The van der Waals surface area contributed by atoms with Gasteiger partial charge in [-0.25, -0.2) is 0 Å². The number of aryl methyl sites for hydroxylation is 1. The number of carbonyl (C=O) groups is 1. The van der Waals surface area contributed by atoms with Crippen LogP contribution in [0, 0.1) is 17.2 Å². The normalized spacial score (nSPS) is 22.4. The number of rotatable bonds is 3.